The van der Waals surface area contributed by atoms with Crippen LogP contribution >= 0.6 is 11.6 Å². The number of nitrogens with one attached hydrogen (secondary N) is 2. The summed E-state index contributed by atoms with van der Waals surface area (Å²) in [5, 5.41) is 20.5. The second-order valence-corrected chi connectivity index (χ2v) is 9.95. The lowest BCUT2D eigenvalue weighted by atomic mass is 9.86. The molecule has 2 aromatic heterocycles. The molecular formula is C27H23ClFN5O3. The lowest BCUT2D eigenvalue weighted by Crippen LogP contribution is -2.30. The Morgan fingerprint density at radius 2 is 2.03 bits per heavy atom. The molecule has 0 saturated heterocycles. The summed E-state index contributed by atoms with van der Waals surface area (Å²) in [6.07, 6.45) is 5.22. The fourth-order valence-corrected chi connectivity index (χ4v) is 5.52. The highest BCUT2D eigenvalue weighted by Crippen LogP contribution is 2.42. The van der Waals surface area contributed by atoms with Gasteiger partial charge in [-0.25, -0.2) is 13.9 Å². The minimum Gasteiger partial charge on any atom is -0.393 e. The van der Waals surface area contributed by atoms with Crippen molar-refractivity contribution in [3.63, 3.8) is 0 Å². The average Bonchev–Trinajstić information content (AvgIpc) is 3.49. The van der Waals surface area contributed by atoms with Gasteiger partial charge >= 0.3 is 0 Å². The molecule has 37 heavy (non-hydrogen) atoms. The van der Waals surface area contributed by atoms with Crippen LogP contribution in [0, 0.1) is 11.7 Å². The summed E-state index contributed by atoms with van der Waals surface area (Å²) in [5.41, 5.74) is 3.84. The molecular weight excluding hydrogens is 497 g/mol. The quantitative estimate of drug-likeness (QED) is 0.367. The number of pyridine rings is 1. The van der Waals surface area contributed by atoms with Crippen molar-refractivity contribution in [2.24, 2.45) is 5.92 Å². The van der Waals surface area contributed by atoms with Crippen LogP contribution in [0.3, 0.4) is 0 Å². The molecule has 1 fully saturated rings. The number of anilines is 1. The predicted octanol–water partition coefficient (Wildman–Crippen LogP) is 4.51. The van der Waals surface area contributed by atoms with E-state index in [4.69, 9.17) is 11.6 Å². The Morgan fingerprint density at radius 1 is 1.16 bits per heavy atom. The number of aliphatic hydroxyl groups is 1. The van der Waals surface area contributed by atoms with Gasteiger partial charge in [-0.15, -0.1) is 0 Å². The molecule has 1 aliphatic heterocycles. The number of hydrogen-bond acceptors (Lipinski definition) is 5. The van der Waals surface area contributed by atoms with Crippen molar-refractivity contribution in [1.29, 1.82) is 0 Å². The minimum absolute atomic E-state index is 0.228. The van der Waals surface area contributed by atoms with Crippen molar-refractivity contribution in [2.75, 3.05) is 5.32 Å². The van der Waals surface area contributed by atoms with Crippen LogP contribution in [0.4, 0.5) is 10.1 Å². The van der Waals surface area contributed by atoms with Crippen molar-refractivity contribution in [3.8, 4) is 11.1 Å². The van der Waals surface area contributed by atoms with Crippen molar-refractivity contribution < 1.29 is 19.1 Å². The molecule has 6 rings (SSSR count). The molecule has 4 aromatic rings. The highest BCUT2D eigenvalue weighted by atomic mass is 35.5. The summed E-state index contributed by atoms with van der Waals surface area (Å²) >= 11 is 6.41. The van der Waals surface area contributed by atoms with Crippen LogP contribution in [-0.4, -0.2) is 37.6 Å². The van der Waals surface area contributed by atoms with E-state index in [9.17, 15) is 19.1 Å². The summed E-state index contributed by atoms with van der Waals surface area (Å²) in [7, 11) is 0. The van der Waals surface area contributed by atoms with Crippen LogP contribution in [0.15, 0.2) is 55.0 Å². The van der Waals surface area contributed by atoms with E-state index in [0.29, 0.717) is 57.9 Å². The molecule has 3 N–H and O–H groups in total. The highest BCUT2D eigenvalue weighted by molar-refractivity contribution is 6.31. The third-order valence-corrected chi connectivity index (χ3v) is 7.48. The summed E-state index contributed by atoms with van der Waals surface area (Å²) in [5.74, 6) is -1.42. The molecule has 1 saturated carbocycles. The Balaban J connectivity index is 1.48. The SMILES string of the molecule is O=C1NC(c2cc(F)ccc2Cl)c2c(NC(=O)C3CCCC(O)C3)cc(-c3ccc4ncnn4c3)cc21. The predicted molar refractivity (Wildman–Crippen MR) is 136 cm³/mol. The van der Waals surface area contributed by atoms with Crippen LogP contribution in [-0.2, 0) is 4.79 Å². The van der Waals surface area contributed by atoms with E-state index in [1.165, 1.54) is 24.5 Å². The number of rotatable bonds is 4. The van der Waals surface area contributed by atoms with Crippen LogP contribution in [0.1, 0.15) is 53.2 Å². The number of amides is 2. The molecule has 1 aliphatic carbocycles. The standard InChI is InChI=1S/C27H23ClFN5O3/c28-21-6-5-17(29)11-19(21)25-24-20(27(37)33-25)9-16(15-4-7-23-30-13-31-34(23)12-15)10-22(24)32-26(36)14-2-1-3-18(35)8-14/h4-7,9-14,18,25,35H,1-3,8H2,(H,32,36)(H,33,37). The molecule has 3 unspecified atom stereocenters. The maximum atomic E-state index is 14.2. The van der Waals surface area contributed by atoms with Gasteiger partial charge in [0.05, 0.1) is 12.1 Å². The number of aromatic nitrogens is 3. The molecule has 2 aromatic carbocycles. The zero-order valence-electron chi connectivity index (χ0n) is 19.6. The van der Waals surface area contributed by atoms with Gasteiger partial charge in [-0.3, -0.25) is 9.59 Å². The summed E-state index contributed by atoms with van der Waals surface area (Å²) in [6.45, 7) is 0. The van der Waals surface area contributed by atoms with Gasteiger partial charge in [0.1, 0.15) is 12.1 Å². The molecule has 2 aliphatic rings. The lowest BCUT2D eigenvalue weighted by molar-refractivity contribution is -0.122. The fraction of sp³-hybridized carbons (Fsp3) is 0.259. The van der Waals surface area contributed by atoms with E-state index >= 15 is 0 Å². The molecule has 10 heteroatoms. The Morgan fingerprint density at radius 3 is 2.86 bits per heavy atom. The number of hydrogen-bond donors (Lipinski definition) is 3. The second-order valence-electron chi connectivity index (χ2n) is 9.54. The first-order chi connectivity index (χ1) is 17.9. The highest BCUT2D eigenvalue weighted by Gasteiger charge is 2.36. The number of aliphatic hydroxyl groups excluding tert-OH is 1. The number of nitrogens with zero attached hydrogens (tertiary/aromatic N) is 3. The van der Waals surface area contributed by atoms with E-state index < -0.39 is 18.0 Å². The summed E-state index contributed by atoms with van der Waals surface area (Å²) < 4.78 is 15.8. The Hall–Kier alpha value is -3.82. The molecule has 3 atom stereocenters. The zero-order chi connectivity index (χ0) is 25.7. The maximum absolute atomic E-state index is 14.2. The summed E-state index contributed by atoms with van der Waals surface area (Å²) in [6, 6.07) is 10.5. The molecule has 0 bridgehead atoms. The first-order valence-corrected chi connectivity index (χ1v) is 12.5. The van der Waals surface area contributed by atoms with Gasteiger partial charge in [0.25, 0.3) is 5.91 Å². The monoisotopic (exact) mass is 519 g/mol. The van der Waals surface area contributed by atoms with Gasteiger partial charge in [0, 0.05) is 45.1 Å². The Bertz CT molecular complexity index is 1550. The van der Waals surface area contributed by atoms with E-state index in [-0.39, 0.29) is 17.7 Å². The number of fused-ring (bicyclic) bond motifs is 2. The molecule has 188 valence electrons. The van der Waals surface area contributed by atoms with Gasteiger partial charge in [-0.05, 0) is 67.3 Å². The van der Waals surface area contributed by atoms with E-state index in [2.05, 4.69) is 20.7 Å². The number of carbonyl (C=O) groups excluding carboxylic acids is 2. The first-order valence-electron chi connectivity index (χ1n) is 12.1. The van der Waals surface area contributed by atoms with Gasteiger partial charge in [0.15, 0.2) is 5.65 Å². The second kappa shape index (κ2) is 9.24. The number of benzene rings is 2. The smallest absolute Gasteiger partial charge is 0.252 e. The zero-order valence-corrected chi connectivity index (χ0v) is 20.4. The van der Waals surface area contributed by atoms with E-state index in [0.717, 1.165) is 12.0 Å². The van der Waals surface area contributed by atoms with Gasteiger partial charge in [-0.2, -0.15) is 5.10 Å². The van der Waals surface area contributed by atoms with Crippen LogP contribution < -0.4 is 10.6 Å². The molecule has 0 radical (unpaired) electrons. The van der Waals surface area contributed by atoms with Crippen molar-refractivity contribution >= 4 is 34.7 Å². The van der Waals surface area contributed by atoms with Gasteiger partial charge < -0.3 is 15.7 Å². The largest absolute Gasteiger partial charge is 0.393 e. The maximum Gasteiger partial charge on any atom is 0.252 e. The van der Waals surface area contributed by atoms with Crippen molar-refractivity contribution in [1.82, 2.24) is 19.9 Å². The molecule has 0 spiro atoms. The minimum atomic E-state index is -0.746. The average molecular weight is 520 g/mol. The molecule has 3 heterocycles. The van der Waals surface area contributed by atoms with Crippen LogP contribution in [0.5, 0.6) is 0 Å². The lowest BCUT2D eigenvalue weighted by Gasteiger charge is -2.26. The van der Waals surface area contributed by atoms with E-state index in [1.54, 1.807) is 22.8 Å². The molecule has 2 amide bonds. The topological polar surface area (TPSA) is 109 Å². The van der Waals surface area contributed by atoms with Crippen LogP contribution in [0.2, 0.25) is 5.02 Å². The van der Waals surface area contributed by atoms with Gasteiger partial charge in [-0.1, -0.05) is 18.0 Å². The van der Waals surface area contributed by atoms with Crippen molar-refractivity contribution in [2.45, 2.75) is 37.8 Å². The third kappa shape index (κ3) is 4.34. The molecule has 8 nitrogen and oxygen atoms in total. The third-order valence-electron chi connectivity index (χ3n) is 7.14. The summed E-state index contributed by atoms with van der Waals surface area (Å²) in [4.78, 5) is 30.6. The fourth-order valence-electron chi connectivity index (χ4n) is 5.30. The number of halogens is 2. The Labute approximate surface area is 216 Å². The number of carbonyl (C=O) groups is 2. The normalized spacial score (nSPS) is 21.1. The van der Waals surface area contributed by atoms with Crippen molar-refractivity contribution in [3.05, 3.63) is 82.5 Å². The van der Waals surface area contributed by atoms with Gasteiger partial charge in [0.2, 0.25) is 5.91 Å². The van der Waals surface area contributed by atoms with Crippen LogP contribution in [0.25, 0.3) is 16.8 Å². The Kier molecular flexibility index (Phi) is 5.89. The van der Waals surface area contributed by atoms with E-state index in [1.807, 2.05) is 12.1 Å². The first kappa shape index (κ1) is 23.6.